The number of rotatable bonds is 6. The third kappa shape index (κ3) is 5.59. The predicted molar refractivity (Wildman–Crippen MR) is 103 cm³/mol. The van der Waals surface area contributed by atoms with E-state index >= 15 is 0 Å². The zero-order valence-electron chi connectivity index (χ0n) is 14.8. The summed E-state index contributed by atoms with van der Waals surface area (Å²) in [4.78, 5) is 23.8. The predicted octanol–water partition coefficient (Wildman–Crippen LogP) is 3.40. The van der Waals surface area contributed by atoms with Gasteiger partial charge < -0.3 is 25.1 Å². The highest BCUT2D eigenvalue weighted by atomic mass is 32.1. The lowest BCUT2D eigenvalue weighted by Gasteiger charge is -2.14. The van der Waals surface area contributed by atoms with Gasteiger partial charge in [0, 0.05) is 18.2 Å². The Kier molecular flexibility index (Phi) is 6.74. The van der Waals surface area contributed by atoms with Crippen molar-refractivity contribution in [1.82, 2.24) is 5.32 Å². The number of methoxy groups -OCH3 is 1. The summed E-state index contributed by atoms with van der Waals surface area (Å²) >= 11 is 5.14. The zero-order chi connectivity index (χ0) is 19.1. The van der Waals surface area contributed by atoms with Crippen LogP contribution in [0.1, 0.15) is 30.8 Å². The van der Waals surface area contributed by atoms with E-state index in [4.69, 9.17) is 21.4 Å². The van der Waals surface area contributed by atoms with Crippen molar-refractivity contribution < 1.29 is 18.7 Å². The second kappa shape index (κ2) is 9.00. The molecule has 2 amide bonds. The molecular weight excluding hydrogens is 354 g/mol. The highest BCUT2D eigenvalue weighted by Gasteiger charge is 2.13. The van der Waals surface area contributed by atoms with Crippen molar-refractivity contribution in [2.45, 2.75) is 20.3 Å². The lowest BCUT2D eigenvalue weighted by molar-refractivity contribution is -0.120. The summed E-state index contributed by atoms with van der Waals surface area (Å²) in [7, 11) is 1.49. The Bertz CT molecular complexity index is 788. The minimum atomic E-state index is -0.384. The smallest absolute Gasteiger partial charge is 0.291 e. The zero-order valence-corrected chi connectivity index (χ0v) is 15.6. The minimum Gasteiger partial charge on any atom is -0.494 e. The molecule has 2 rings (SSSR count). The number of hydrogen-bond donors (Lipinski definition) is 3. The number of benzene rings is 1. The Balaban J connectivity index is 2.02. The van der Waals surface area contributed by atoms with Crippen LogP contribution in [0, 0.1) is 5.92 Å². The van der Waals surface area contributed by atoms with Gasteiger partial charge in [-0.25, -0.2) is 0 Å². The normalized spacial score (nSPS) is 10.3. The first-order valence-corrected chi connectivity index (χ1v) is 8.43. The van der Waals surface area contributed by atoms with Crippen LogP contribution in [0.3, 0.4) is 0 Å². The van der Waals surface area contributed by atoms with E-state index in [0.29, 0.717) is 23.5 Å². The van der Waals surface area contributed by atoms with Gasteiger partial charge in [-0.2, -0.15) is 0 Å². The first-order chi connectivity index (χ1) is 12.4. The summed E-state index contributed by atoms with van der Waals surface area (Å²) in [5.74, 6) is 0.349. The average molecular weight is 375 g/mol. The van der Waals surface area contributed by atoms with Crippen LogP contribution in [0.2, 0.25) is 0 Å². The maximum absolute atomic E-state index is 12.1. The van der Waals surface area contributed by atoms with E-state index < -0.39 is 0 Å². The van der Waals surface area contributed by atoms with Crippen molar-refractivity contribution in [3.8, 4) is 5.75 Å². The van der Waals surface area contributed by atoms with Crippen LogP contribution in [0.5, 0.6) is 5.75 Å². The van der Waals surface area contributed by atoms with Gasteiger partial charge in [0.05, 0.1) is 19.1 Å². The number of anilines is 2. The average Bonchev–Trinajstić information content (AvgIpc) is 3.09. The third-order valence-corrected chi connectivity index (χ3v) is 3.50. The molecule has 138 valence electrons. The van der Waals surface area contributed by atoms with Crippen molar-refractivity contribution in [3.63, 3.8) is 0 Å². The van der Waals surface area contributed by atoms with Crippen molar-refractivity contribution in [2.24, 2.45) is 5.92 Å². The Morgan fingerprint density at radius 2 is 2.00 bits per heavy atom. The molecule has 8 heteroatoms. The Morgan fingerprint density at radius 3 is 2.62 bits per heavy atom. The monoisotopic (exact) mass is 375 g/mol. The fourth-order valence-electron chi connectivity index (χ4n) is 2.17. The number of hydrogen-bond acceptors (Lipinski definition) is 5. The molecule has 0 bridgehead atoms. The van der Waals surface area contributed by atoms with Crippen LogP contribution in [-0.2, 0) is 4.79 Å². The number of amides is 2. The largest absolute Gasteiger partial charge is 0.494 e. The van der Waals surface area contributed by atoms with Gasteiger partial charge >= 0.3 is 0 Å². The number of ether oxygens (including phenoxy) is 1. The quantitative estimate of drug-likeness (QED) is 0.670. The molecular formula is C18H21N3O4S. The molecule has 0 unspecified atom stereocenters. The molecule has 0 radical (unpaired) electrons. The van der Waals surface area contributed by atoms with Gasteiger partial charge in [0.2, 0.25) is 5.91 Å². The van der Waals surface area contributed by atoms with E-state index in [1.807, 2.05) is 13.8 Å². The molecule has 0 aliphatic carbocycles. The maximum Gasteiger partial charge on any atom is 0.291 e. The summed E-state index contributed by atoms with van der Waals surface area (Å²) in [6, 6.07) is 8.24. The first kappa shape index (κ1) is 19.5. The van der Waals surface area contributed by atoms with E-state index in [1.54, 1.807) is 30.3 Å². The van der Waals surface area contributed by atoms with Crippen LogP contribution in [0.15, 0.2) is 41.0 Å². The fourth-order valence-corrected chi connectivity index (χ4v) is 2.41. The molecule has 0 aliphatic heterocycles. The number of carbonyl (C=O) groups excluding carboxylic acids is 2. The summed E-state index contributed by atoms with van der Waals surface area (Å²) in [6.07, 6.45) is 1.82. The number of thiocarbonyl (C=S) groups is 1. The van der Waals surface area contributed by atoms with E-state index in [-0.39, 0.29) is 28.6 Å². The van der Waals surface area contributed by atoms with Gasteiger partial charge in [-0.3, -0.25) is 9.59 Å². The SMILES string of the molecule is COc1cc(NC(=S)NC(=O)CC(C)C)ccc1NC(=O)c1ccco1. The molecule has 0 atom stereocenters. The molecule has 0 saturated carbocycles. The van der Waals surface area contributed by atoms with Crippen molar-refractivity contribution >= 4 is 40.5 Å². The number of nitrogens with one attached hydrogen (secondary N) is 3. The molecule has 1 aromatic carbocycles. The molecule has 0 fully saturated rings. The Morgan fingerprint density at radius 1 is 1.23 bits per heavy atom. The molecule has 0 spiro atoms. The standard InChI is InChI=1S/C18H21N3O4S/c1-11(2)9-16(22)21-18(26)19-12-6-7-13(15(10-12)24-3)20-17(23)14-5-4-8-25-14/h4-8,10-11H,9H2,1-3H3,(H,20,23)(H2,19,21,22,26). The van der Waals surface area contributed by atoms with E-state index in [9.17, 15) is 9.59 Å². The Hall–Kier alpha value is -2.87. The summed E-state index contributed by atoms with van der Waals surface area (Å²) in [5, 5.41) is 8.45. The highest BCUT2D eigenvalue weighted by Crippen LogP contribution is 2.28. The molecule has 1 aromatic heterocycles. The fraction of sp³-hybridized carbons (Fsp3) is 0.278. The van der Waals surface area contributed by atoms with Gasteiger partial charge in [0.1, 0.15) is 5.75 Å². The molecule has 7 nitrogen and oxygen atoms in total. The van der Waals surface area contributed by atoms with Gasteiger partial charge in [0.15, 0.2) is 10.9 Å². The van der Waals surface area contributed by atoms with Crippen LogP contribution in [0.4, 0.5) is 11.4 Å². The summed E-state index contributed by atoms with van der Waals surface area (Å²) < 4.78 is 10.4. The van der Waals surface area contributed by atoms with E-state index in [1.165, 1.54) is 13.4 Å². The van der Waals surface area contributed by atoms with E-state index in [2.05, 4.69) is 16.0 Å². The van der Waals surface area contributed by atoms with Gasteiger partial charge in [-0.15, -0.1) is 0 Å². The first-order valence-electron chi connectivity index (χ1n) is 8.02. The summed E-state index contributed by atoms with van der Waals surface area (Å²) in [5.41, 5.74) is 1.10. The topological polar surface area (TPSA) is 92.6 Å². The van der Waals surface area contributed by atoms with Crippen LogP contribution < -0.4 is 20.7 Å². The van der Waals surface area contributed by atoms with Crippen molar-refractivity contribution in [3.05, 3.63) is 42.4 Å². The minimum absolute atomic E-state index is 0.146. The number of furan rings is 1. The molecule has 0 saturated heterocycles. The lowest BCUT2D eigenvalue weighted by Crippen LogP contribution is -2.34. The van der Waals surface area contributed by atoms with Crippen LogP contribution in [0.25, 0.3) is 0 Å². The second-order valence-electron chi connectivity index (χ2n) is 5.95. The lowest BCUT2D eigenvalue weighted by atomic mass is 10.1. The second-order valence-corrected chi connectivity index (χ2v) is 6.36. The van der Waals surface area contributed by atoms with Gasteiger partial charge in [-0.05, 0) is 42.4 Å². The molecule has 2 aromatic rings. The molecule has 0 aliphatic rings. The van der Waals surface area contributed by atoms with Crippen LogP contribution in [-0.4, -0.2) is 24.0 Å². The Labute approximate surface area is 157 Å². The van der Waals surface area contributed by atoms with Gasteiger partial charge in [-0.1, -0.05) is 13.8 Å². The maximum atomic E-state index is 12.1. The van der Waals surface area contributed by atoms with Crippen LogP contribution >= 0.6 is 12.2 Å². The van der Waals surface area contributed by atoms with Crippen molar-refractivity contribution in [2.75, 3.05) is 17.7 Å². The number of carbonyl (C=O) groups is 2. The van der Waals surface area contributed by atoms with Crippen molar-refractivity contribution in [1.29, 1.82) is 0 Å². The third-order valence-electron chi connectivity index (χ3n) is 3.30. The molecule has 1 heterocycles. The summed E-state index contributed by atoms with van der Waals surface area (Å²) in [6.45, 7) is 3.91. The van der Waals surface area contributed by atoms with Gasteiger partial charge in [0.25, 0.3) is 5.91 Å². The molecule has 3 N–H and O–H groups in total. The molecule has 26 heavy (non-hydrogen) atoms. The highest BCUT2D eigenvalue weighted by molar-refractivity contribution is 7.80. The van der Waals surface area contributed by atoms with E-state index in [0.717, 1.165) is 0 Å².